The first-order chi connectivity index (χ1) is 8.72. The molecule has 2 rings (SSSR count). The van der Waals surface area contributed by atoms with Crippen LogP contribution in [-0.4, -0.2) is 36.1 Å². The lowest BCUT2D eigenvalue weighted by Gasteiger charge is -2.32. The van der Waals surface area contributed by atoms with Gasteiger partial charge in [0.05, 0.1) is 0 Å². The van der Waals surface area contributed by atoms with Gasteiger partial charge in [-0.3, -0.25) is 4.90 Å². The molecule has 0 aromatic carbocycles. The number of nitrogens with one attached hydrogen (secondary N) is 1. The van der Waals surface area contributed by atoms with Gasteiger partial charge in [0.15, 0.2) is 0 Å². The zero-order chi connectivity index (χ0) is 13.0. The van der Waals surface area contributed by atoms with E-state index in [2.05, 4.69) is 31.0 Å². The van der Waals surface area contributed by atoms with Crippen LogP contribution in [0.1, 0.15) is 65.7 Å². The molecule has 4 unspecified atom stereocenters. The van der Waals surface area contributed by atoms with Crippen LogP contribution in [0.4, 0.5) is 0 Å². The summed E-state index contributed by atoms with van der Waals surface area (Å²) < 4.78 is 0. The van der Waals surface area contributed by atoms with Crippen molar-refractivity contribution < 1.29 is 0 Å². The highest BCUT2D eigenvalue weighted by Gasteiger charge is 2.29. The zero-order valence-corrected chi connectivity index (χ0v) is 12.6. The van der Waals surface area contributed by atoms with E-state index in [-0.39, 0.29) is 0 Å². The Hall–Kier alpha value is -0.0800. The predicted molar refractivity (Wildman–Crippen MR) is 78.9 cm³/mol. The average molecular weight is 252 g/mol. The fourth-order valence-corrected chi connectivity index (χ4v) is 3.97. The molecule has 1 saturated carbocycles. The minimum atomic E-state index is 0.789. The molecule has 1 saturated heterocycles. The van der Waals surface area contributed by atoms with Crippen LogP contribution in [-0.2, 0) is 0 Å². The minimum Gasteiger partial charge on any atom is -0.312 e. The second-order valence-electron chi connectivity index (χ2n) is 6.55. The lowest BCUT2D eigenvalue weighted by molar-refractivity contribution is 0.188. The number of hydrogen-bond donors (Lipinski definition) is 1. The summed E-state index contributed by atoms with van der Waals surface area (Å²) in [6.07, 6.45) is 9.84. The summed E-state index contributed by atoms with van der Waals surface area (Å²) >= 11 is 0. The third-order valence-electron chi connectivity index (χ3n) is 5.31. The van der Waals surface area contributed by atoms with Gasteiger partial charge < -0.3 is 5.32 Å². The van der Waals surface area contributed by atoms with Crippen molar-refractivity contribution in [1.82, 2.24) is 10.2 Å². The van der Waals surface area contributed by atoms with E-state index >= 15 is 0 Å². The standard InChI is InChI=1S/C16H32N2/c1-4-15-10-9-14(3)18(15)12-11-17-16-8-6-5-7-13(16)2/h13-17H,4-12H2,1-3H3. The Kier molecular flexibility index (Phi) is 5.50. The summed E-state index contributed by atoms with van der Waals surface area (Å²) in [4.78, 5) is 2.74. The highest BCUT2D eigenvalue weighted by Crippen LogP contribution is 2.26. The van der Waals surface area contributed by atoms with Crippen molar-refractivity contribution in [3.05, 3.63) is 0 Å². The molecule has 1 aliphatic carbocycles. The summed E-state index contributed by atoms with van der Waals surface area (Å²) in [6.45, 7) is 9.61. The molecule has 4 atom stereocenters. The molecule has 0 aromatic heterocycles. The molecule has 0 bridgehead atoms. The second kappa shape index (κ2) is 6.91. The molecule has 1 N–H and O–H groups in total. The third kappa shape index (κ3) is 3.48. The summed E-state index contributed by atoms with van der Waals surface area (Å²) in [7, 11) is 0. The normalized spacial score (nSPS) is 38.2. The average Bonchev–Trinajstić information content (AvgIpc) is 2.73. The second-order valence-corrected chi connectivity index (χ2v) is 6.55. The Morgan fingerprint density at radius 1 is 1.06 bits per heavy atom. The summed E-state index contributed by atoms with van der Waals surface area (Å²) in [6, 6.07) is 2.45. The number of nitrogens with zero attached hydrogens (tertiary/aromatic N) is 1. The molecule has 0 spiro atoms. The van der Waals surface area contributed by atoms with E-state index in [0.717, 1.165) is 24.0 Å². The summed E-state index contributed by atoms with van der Waals surface area (Å²) in [5.74, 6) is 0.886. The summed E-state index contributed by atoms with van der Waals surface area (Å²) in [5.41, 5.74) is 0. The largest absolute Gasteiger partial charge is 0.312 e. The van der Waals surface area contributed by atoms with Crippen LogP contribution in [0.3, 0.4) is 0 Å². The van der Waals surface area contributed by atoms with Gasteiger partial charge in [-0.05, 0) is 44.9 Å². The van der Waals surface area contributed by atoms with Crippen molar-refractivity contribution in [1.29, 1.82) is 0 Å². The molecular weight excluding hydrogens is 220 g/mol. The SMILES string of the molecule is CCC1CCC(C)N1CCNC1CCCCC1C. The topological polar surface area (TPSA) is 15.3 Å². The maximum absolute atomic E-state index is 3.82. The number of likely N-dealkylation sites (tertiary alicyclic amines) is 1. The van der Waals surface area contributed by atoms with Gasteiger partial charge in [-0.1, -0.05) is 26.7 Å². The Bertz CT molecular complexity index is 241. The van der Waals surface area contributed by atoms with Gasteiger partial charge in [0.2, 0.25) is 0 Å². The molecule has 1 aliphatic heterocycles. The van der Waals surface area contributed by atoms with E-state index in [4.69, 9.17) is 0 Å². The van der Waals surface area contributed by atoms with Crippen molar-refractivity contribution in [2.45, 2.75) is 83.8 Å². The molecular formula is C16H32N2. The molecule has 0 radical (unpaired) electrons. The van der Waals surface area contributed by atoms with Crippen LogP contribution >= 0.6 is 0 Å². The van der Waals surface area contributed by atoms with Crippen LogP contribution in [0.25, 0.3) is 0 Å². The van der Waals surface area contributed by atoms with Crippen molar-refractivity contribution in [2.24, 2.45) is 5.92 Å². The Morgan fingerprint density at radius 3 is 2.56 bits per heavy atom. The highest BCUT2D eigenvalue weighted by atomic mass is 15.2. The molecule has 1 heterocycles. The van der Waals surface area contributed by atoms with Gasteiger partial charge in [-0.2, -0.15) is 0 Å². The van der Waals surface area contributed by atoms with Crippen LogP contribution in [0.2, 0.25) is 0 Å². The molecule has 2 heteroatoms. The third-order valence-corrected chi connectivity index (χ3v) is 5.31. The molecule has 2 nitrogen and oxygen atoms in total. The number of hydrogen-bond acceptors (Lipinski definition) is 2. The van der Waals surface area contributed by atoms with E-state index < -0.39 is 0 Å². The molecule has 2 fully saturated rings. The van der Waals surface area contributed by atoms with E-state index in [1.807, 2.05) is 0 Å². The fraction of sp³-hybridized carbons (Fsp3) is 1.00. The number of rotatable bonds is 5. The first-order valence-electron chi connectivity index (χ1n) is 8.21. The fourth-order valence-electron chi connectivity index (χ4n) is 3.97. The van der Waals surface area contributed by atoms with Crippen molar-refractivity contribution in [2.75, 3.05) is 13.1 Å². The van der Waals surface area contributed by atoms with Crippen LogP contribution < -0.4 is 5.32 Å². The monoisotopic (exact) mass is 252 g/mol. The van der Waals surface area contributed by atoms with E-state index in [0.29, 0.717) is 0 Å². The Balaban J connectivity index is 1.70. The van der Waals surface area contributed by atoms with E-state index in [1.165, 1.54) is 58.0 Å². The quantitative estimate of drug-likeness (QED) is 0.806. The Labute approximate surface area is 114 Å². The molecule has 0 amide bonds. The first kappa shape index (κ1) is 14.3. The molecule has 0 aromatic rings. The lowest BCUT2D eigenvalue weighted by atomic mass is 9.86. The predicted octanol–water partition coefficient (Wildman–Crippen LogP) is 3.42. The maximum Gasteiger partial charge on any atom is 0.0113 e. The molecule has 106 valence electrons. The van der Waals surface area contributed by atoms with Gasteiger partial charge in [-0.15, -0.1) is 0 Å². The van der Waals surface area contributed by atoms with Gasteiger partial charge >= 0.3 is 0 Å². The van der Waals surface area contributed by atoms with Crippen LogP contribution in [0, 0.1) is 5.92 Å². The van der Waals surface area contributed by atoms with Crippen molar-refractivity contribution >= 4 is 0 Å². The van der Waals surface area contributed by atoms with Gasteiger partial charge in [0.1, 0.15) is 0 Å². The van der Waals surface area contributed by atoms with Gasteiger partial charge in [-0.25, -0.2) is 0 Å². The van der Waals surface area contributed by atoms with Gasteiger partial charge in [0.25, 0.3) is 0 Å². The maximum atomic E-state index is 3.82. The molecule has 2 aliphatic rings. The van der Waals surface area contributed by atoms with Crippen molar-refractivity contribution in [3.8, 4) is 0 Å². The van der Waals surface area contributed by atoms with E-state index in [1.54, 1.807) is 0 Å². The van der Waals surface area contributed by atoms with Crippen LogP contribution in [0.15, 0.2) is 0 Å². The lowest BCUT2D eigenvalue weighted by Crippen LogP contribution is -2.44. The minimum absolute atomic E-state index is 0.789. The van der Waals surface area contributed by atoms with Crippen LogP contribution in [0.5, 0.6) is 0 Å². The highest BCUT2D eigenvalue weighted by molar-refractivity contribution is 4.85. The Morgan fingerprint density at radius 2 is 1.83 bits per heavy atom. The summed E-state index contributed by atoms with van der Waals surface area (Å²) in [5, 5.41) is 3.82. The van der Waals surface area contributed by atoms with Gasteiger partial charge in [0, 0.05) is 31.2 Å². The van der Waals surface area contributed by atoms with Crippen molar-refractivity contribution in [3.63, 3.8) is 0 Å². The smallest absolute Gasteiger partial charge is 0.0113 e. The molecule has 18 heavy (non-hydrogen) atoms. The van der Waals surface area contributed by atoms with E-state index in [9.17, 15) is 0 Å². The zero-order valence-electron chi connectivity index (χ0n) is 12.6. The first-order valence-corrected chi connectivity index (χ1v) is 8.21.